The lowest BCUT2D eigenvalue weighted by molar-refractivity contribution is -0.132. The van der Waals surface area contributed by atoms with E-state index in [1.165, 1.54) is 0 Å². The summed E-state index contributed by atoms with van der Waals surface area (Å²) in [6.07, 6.45) is 6.09. The van der Waals surface area contributed by atoms with Crippen molar-refractivity contribution in [1.82, 2.24) is 0 Å². The van der Waals surface area contributed by atoms with Crippen LogP contribution in [0.5, 0.6) is 0 Å². The SMILES string of the molecule is CCC#Cc1ccc(C#CC(=O)OC(/C=C\COC)=C/CI)cc1. The van der Waals surface area contributed by atoms with E-state index in [9.17, 15) is 4.79 Å². The summed E-state index contributed by atoms with van der Waals surface area (Å²) in [6.45, 7) is 2.46. The lowest BCUT2D eigenvalue weighted by Gasteiger charge is -2.00. The van der Waals surface area contributed by atoms with E-state index in [4.69, 9.17) is 9.47 Å². The predicted molar refractivity (Wildman–Crippen MR) is 105 cm³/mol. The average Bonchev–Trinajstić information content (AvgIpc) is 2.59. The monoisotopic (exact) mass is 434 g/mol. The first-order valence-corrected chi connectivity index (χ1v) is 8.96. The zero-order valence-corrected chi connectivity index (χ0v) is 15.9. The van der Waals surface area contributed by atoms with Gasteiger partial charge in [-0.3, -0.25) is 0 Å². The molecule has 0 amide bonds. The van der Waals surface area contributed by atoms with E-state index in [0.29, 0.717) is 12.4 Å². The number of hydrogen-bond acceptors (Lipinski definition) is 3. The van der Waals surface area contributed by atoms with Crippen molar-refractivity contribution in [2.75, 3.05) is 18.1 Å². The van der Waals surface area contributed by atoms with Gasteiger partial charge >= 0.3 is 5.97 Å². The van der Waals surface area contributed by atoms with Crippen LogP contribution in [0.15, 0.2) is 48.3 Å². The number of carbonyl (C=O) groups is 1. The van der Waals surface area contributed by atoms with Gasteiger partial charge in [-0.2, -0.15) is 0 Å². The normalized spacial score (nSPS) is 10.5. The maximum absolute atomic E-state index is 11.8. The minimum Gasteiger partial charge on any atom is -0.417 e. The van der Waals surface area contributed by atoms with Gasteiger partial charge in [0.25, 0.3) is 0 Å². The topological polar surface area (TPSA) is 35.5 Å². The first-order valence-electron chi connectivity index (χ1n) is 7.44. The summed E-state index contributed by atoms with van der Waals surface area (Å²) in [5.74, 6) is 11.2. The van der Waals surface area contributed by atoms with E-state index in [0.717, 1.165) is 22.0 Å². The zero-order valence-electron chi connectivity index (χ0n) is 13.8. The molecule has 0 radical (unpaired) electrons. The Morgan fingerprint density at radius 1 is 1.21 bits per heavy atom. The molecule has 1 aromatic carbocycles. The van der Waals surface area contributed by atoms with Crippen LogP contribution in [-0.4, -0.2) is 24.1 Å². The molecule has 0 fully saturated rings. The predicted octanol–water partition coefficient (Wildman–Crippen LogP) is 3.86. The summed E-state index contributed by atoms with van der Waals surface area (Å²) in [4.78, 5) is 11.8. The lowest BCUT2D eigenvalue weighted by Crippen LogP contribution is -2.00. The molecule has 0 spiro atoms. The highest BCUT2D eigenvalue weighted by molar-refractivity contribution is 14.1. The number of esters is 1. The second-order valence-electron chi connectivity index (χ2n) is 4.49. The van der Waals surface area contributed by atoms with Crippen LogP contribution < -0.4 is 0 Å². The third kappa shape index (κ3) is 8.57. The number of allylic oxidation sites excluding steroid dienone is 2. The average molecular weight is 434 g/mol. The van der Waals surface area contributed by atoms with E-state index in [1.54, 1.807) is 25.3 Å². The minimum atomic E-state index is -0.594. The van der Waals surface area contributed by atoms with Gasteiger partial charge < -0.3 is 9.47 Å². The van der Waals surface area contributed by atoms with E-state index < -0.39 is 5.97 Å². The van der Waals surface area contributed by atoms with E-state index >= 15 is 0 Å². The zero-order chi connectivity index (χ0) is 17.6. The fraction of sp³-hybridized carbons (Fsp3) is 0.250. The Hall–Kier alpha value is -2.02. The second-order valence-corrected chi connectivity index (χ2v) is 5.37. The molecule has 1 aromatic rings. The summed E-state index contributed by atoms with van der Waals surface area (Å²) < 4.78 is 10.9. The minimum absolute atomic E-state index is 0.453. The Kier molecular flexibility index (Phi) is 10.4. The highest BCUT2D eigenvalue weighted by atomic mass is 127. The number of methoxy groups -OCH3 is 1. The van der Waals surface area contributed by atoms with Crippen molar-refractivity contribution in [2.45, 2.75) is 13.3 Å². The molecule has 0 saturated heterocycles. The first-order chi connectivity index (χ1) is 11.7. The van der Waals surface area contributed by atoms with Gasteiger partial charge in [0.05, 0.1) is 6.61 Å². The summed E-state index contributed by atoms with van der Waals surface area (Å²) in [7, 11) is 1.60. The maximum Gasteiger partial charge on any atom is 0.390 e. The fourth-order valence-corrected chi connectivity index (χ4v) is 2.00. The van der Waals surface area contributed by atoms with Gasteiger partial charge in [0.1, 0.15) is 5.76 Å². The molecule has 24 heavy (non-hydrogen) atoms. The smallest absolute Gasteiger partial charge is 0.390 e. The van der Waals surface area contributed by atoms with Crippen LogP contribution in [-0.2, 0) is 14.3 Å². The van der Waals surface area contributed by atoms with Crippen LogP contribution in [0.2, 0.25) is 0 Å². The molecule has 0 aliphatic heterocycles. The van der Waals surface area contributed by atoms with Crippen LogP contribution in [0.4, 0.5) is 0 Å². The summed E-state index contributed by atoms with van der Waals surface area (Å²) in [5.41, 5.74) is 1.67. The van der Waals surface area contributed by atoms with Crippen LogP contribution in [0.25, 0.3) is 0 Å². The van der Waals surface area contributed by atoms with E-state index in [1.807, 2.05) is 31.2 Å². The van der Waals surface area contributed by atoms with E-state index in [-0.39, 0.29) is 0 Å². The molecule has 0 aliphatic carbocycles. The summed E-state index contributed by atoms with van der Waals surface area (Å²) in [6, 6.07) is 7.43. The number of benzene rings is 1. The van der Waals surface area contributed by atoms with E-state index in [2.05, 4.69) is 46.3 Å². The van der Waals surface area contributed by atoms with Crippen LogP contribution in [0, 0.1) is 23.7 Å². The van der Waals surface area contributed by atoms with Crippen molar-refractivity contribution in [3.63, 3.8) is 0 Å². The number of ether oxygens (including phenoxy) is 2. The maximum atomic E-state index is 11.8. The molecule has 0 unspecified atom stereocenters. The van der Waals surface area contributed by atoms with Crippen LogP contribution in [0.3, 0.4) is 0 Å². The van der Waals surface area contributed by atoms with Crippen molar-refractivity contribution in [1.29, 1.82) is 0 Å². The van der Waals surface area contributed by atoms with Gasteiger partial charge in [-0.05, 0) is 36.4 Å². The van der Waals surface area contributed by atoms with Crippen LogP contribution in [0.1, 0.15) is 24.5 Å². The third-order valence-corrected chi connectivity index (χ3v) is 3.08. The summed E-state index contributed by atoms with van der Waals surface area (Å²) >= 11 is 2.17. The second kappa shape index (κ2) is 12.4. The van der Waals surface area contributed by atoms with Crippen molar-refractivity contribution in [2.24, 2.45) is 0 Å². The number of rotatable bonds is 5. The highest BCUT2D eigenvalue weighted by Gasteiger charge is 2.00. The molecule has 0 aliphatic rings. The Bertz CT molecular complexity index is 707. The molecule has 0 saturated carbocycles. The third-order valence-electron chi connectivity index (χ3n) is 2.64. The molecular weight excluding hydrogens is 415 g/mol. The number of halogens is 1. The largest absolute Gasteiger partial charge is 0.417 e. The van der Waals surface area contributed by atoms with Gasteiger partial charge in [0.15, 0.2) is 0 Å². The molecule has 0 atom stereocenters. The van der Waals surface area contributed by atoms with Gasteiger partial charge in [0, 0.05) is 35.0 Å². The Labute approximate surface area is 157 Å². The van der Waals surface area contributed by atoms with Gasteiger partial charge in [0.2, 0.25) is 0 Å². The molecule has 0 bridgehead atoms. The number of alkyl halides is 1. The highest BCUT2D eigenvalue weighted by Crippen LogP contribution is 2.04. The molecule has 0 aromatic heterocycles. The Balaban J connectivity index is 2.70. The summed E-state index contributed by atoms with van der Waals surface area (Å²) in [5, 5.41) is 0. The van der Waals surface area contributed by atoms with Crippen LogP contribution >= 0.6 is 22.6 Å². The van der Waals surface area contributed by atoms with Crippen molar-refractivity contribution in [3.8, 4) is 23.7 Å². The molecule has 124 valence electrons. The fourth-order valence-electron chi connectivity index (χ4n) is 1.56. The molecule has 0 heterocycles. The quantitative estimate of drug-likeness (QED) is 0.176. The standard InChI is InChI=1S/C20H19IO3/c1-3-4-6-17-8-10-18(11-9-17)12-13-20(22)24-19(14-15-21)7-5-16-23-2/h5,7-11,14H,3,15-16H2,1-2H3/b7-5-,19-14+. The van der Waals surface area contributed by atoms with Gasteiger partial charge in [-0.15, -0.1) is 0 Å². The molecule has 1 rings (SSSR count). The number of carbonyl (C=O) groups excluding carboxylic acids is 1. The molecular formula is C20H19IO3. The van der Waals surface area contributed by atoms with Crippen molar-refractivity contribution in [3.05, 3.63) is 59.4 Å². The van der Waals surface area contributed by atoms with Gasteiger partial charge in [-0.25, -0.2) is 4.79 Å². The Morgan fingerprint density at radius 2 is 1.88 bits per heavy atom. The molecule has 0 N–H and O–H groups in total. The first kappa shape index (κ1) is 20.0. The Morgan fingerprint density at radius 3 is 2.46 bits per heavy atom. The molecule has 3 nitrogen and oxygen atoms in total. The lowest BCUT2D eigenvalue weighted by atomic mass is 10.1. The number of hydrogen-bond donors (Lipinski definition) is 0. The molecule has 4 heteroatoms. The van der Waals surface area contributed by atoms with Crippen molar-refractivity contribution >= 4 is 28.6 Å². The van der Waals surface area contributed by atoms with Crippen molar-refractivity contribution < 1.29 is 14.3 Å². The van der Waals surface area contributed by atoms with Gasteiger partial charge in [-0.1, -0.05) is 53.4 Å².